The first kappa shape index (κ1) is 31.8. The monoisotopic (exact) mass is 636 g/mol. The van der Waals surface area contributed by atoms with E-state index in [0.717, 1.165) is 27.9 Å². The highest BCUT2D eigenvalue weighted by molar-refractivity contribution is 8.15. The second-order valence-electron chi connectivity index (χ2n) is 10.9. The molecular weight excluding hydrogens is 605 g/mol. The van der Waals surface area contributed by atoms with Crippen molar-refractivity contribution in [2.24, 2.45) is 4.99 Å². The van der Waals surface area contributed by atoms with Gasteiger partial charge in [0.2, 0.25) is 5.91 Å². The van der Waals surface area contributed by atoms with Crippen LogP contribution in [0.2, 0.25) is 0 Å². The number of halogens is 3. The van der Waals surface area contributed by atoms with Gasteiger partial charge in [-0.25, -0.2) is 14.5 Å². The fourth-order valence-corrected chi connectivity index (χ4v) is 5.72. The quantitative estimate of drug-likeness (QED) is 0.223. The van der Waals surface area contributed by atoms with Crippen molar-refractivity contribution in [1.29, 1.82) is 0 Å². The predicted molar refractivity (Wildman–Crippen MR) is 168 cm³/mol. The molecule has 1 saturated heterocycles. The standard InChI is InChI=1S/C32H31F3N6O3S/c1-19(2)26-14-5-20(3)15-27(26)41-28(42)17-45-31(41)38-30(43)37-21(4)16-22-6-8-23(9-7-22)29-36-18-40(39-29)24-10-12-25(13-11-24)44-32(33,34)35/h5-15,18-19,21H,16-17H2,1-4H3,(H,37,43)/b38-31+. The highest BCUT2D eigenvalue weighted by atomic mass is 32.2. The Labute approximate surface area is 262 Å². The van der Waals surface area contributed by atoms with Crippen molar-refractivity contribution < 1.29 is 27.5 Å². The van der Waals surface area contributed by atoms with Crippen LogP contribution in [0, 0.1) is 6.92 Å². The smallest absolute Gasteiger partial charge is 0.406 e. The molecule has 3 aromatic carbocycles. The lowest BCUT2D eigenvalue weighted by atomic mass is 9.99. The number of amides is 3. The number of urea groups is 1. The summed E-state index contributed by atoms with van der Waals surface area (Å²) in [4.78, 5) is 35.8. The van der Waals surface area contributed by atoms with E-state index in [2.05, 4.69) is 39.0 Å². The van der Waals surface area contributed by atoms with Gasteiger partial charge in [-0.1, -0.05) is 62.0 Å². The van der Waals surface area contributed by atoms with Gasteiger partial charge in [0.1, 0.15) is 12.1 Å². The molecule has 13 heteroatoms. The fourth-order valence-electron chi connectivity index (χ4n) is 4.86. The summed E-state index contributed by atoms with van der Waals surface area (Å²) in [6, 6.07) is 18.1. The van der Waals surface area contributed by atoms with Gasteiger partial charge in [0.25, 0.3) is 0 Å². The normalized spacial score (nSPS) is 15.2. The molecule has 5 rings (SSSR count). The van der Waals surface area contributed by atoms with Gasteiger partial charge in [0, 0.05) is 11.6 Å². The average molecular weight is 637 g/mol. The molecule has 1 aliphatic rings. The number of nitrogens with zero attached hydrogens (tertiary/aromatic N) is 5. The number of benzene rings is 3. The van der Waals surface area contributed by atoms with Crippen LogP contribution in [-0.4, -0.2) is 50.0 Å². The maximum Gasteiger partial charge on any atom is 0.573 e. The number of aromatic nitrogens is 3. The minimum absolute atomic E-state index is 0.111. The zero-order chi connectivity index (χ0) is 32.3. The molecule has 1 fully saturated rings. The maximum absolute atomic E-state index is 12.9. The molecule has 1 atom stereocenters. The summed E-state index contributed by atoms with van der Waals surface area (Å²) in [6.45, 7) is 7.96. The third-order valence-electron chi connectivity index (χ3n) is 6.96. The molecule has 4 aromatic rings. The van der Waals surface area contributed by atoms with Crippen molar-refractivity contribution in [3.8, 4) is 22.8 Å². The fraction of sp³-hybridized carbons (Fsp3) is 0.281. The Morgan fingerprint density at radius 3 is 2.44 bits per heavy atom. The highest BCUT2D eigenvalue weighted by Crippen LogP contribution is 2.34. The number of hydrogen-bond donors (Lipinski definition) is 1. The van der Waals surface area contributed by atoms with E-state index in [9.17, 15) is 22.8 Å². The van der Waals surface area contributed by atoms with Crippen LogP contribution >= 0.6 is 11.8 Å². The summed E-state index contributed by atoms with van der Waals surface area (Å²) in [5.41, 5.74) is 5.02. The zero-order valence-electron chi connectivity index (χ0n) is 25.0. The third-order valence-corrected chi connectivity index (χ3v) is 7.89. The Morgan fingerprint density at radius 1 is 1.07 bits per heavy atom. The lowest BCUT2D eigenvalue weighted by Gasteiger charge is -2.22. The van der Waals surface area contributed by atoms with Crippen LogP contribution in [0.4, 0.5) is 23.7 Å². The largest absolute Gasteiger partial charge is 0.573 e. The van der Waals surface area contributed by atoms with E-state index in [-0.39, 0.29) is 29.4 Å². The molecule has 0 spiro atoms. The summed E-state index contributed by atoms with van der Waals surface area (Å²) in [5.74, 6) is 0.415. The summed E-state index contributed by atoms with van der Waals surface area (Å²) in [6.07, 6.45) is -2.75. The number of ether oxygens (including phenoxy) is 1. The van der Waals surface area contributed by atoms with Crippen LogP contribution in [-0.2, 0) is 11.2 Å². The lowest BCUT2D eigenvalue weighted by Crippen LogP contribution is -2.35. The van der Waals surface area contributed by atoms with E-state index in [1.165, 1.54) is 47.0 Å². The van der Waals surface area contributed by atoms with Gasteiger partial charge in [-0.15, -0.1) is 18.3 Å². The van der Waals surface area contributed by atoms with Crippen molar-refractivity contribution in [2.45, 2.75) is 52.4 Å². The molecule has 1 unspecified atom stereocenters. The first-order chi connectivity index (χ1) is 21.4. The van der Waals surface area contributed by atoms with Crippen molar-refractivity contribution >= 4 is 34.6 Å². The van der Waals surface area contributed by atoms with Gasteiger partial charge in [-0.05, 0) is 73.2 Å². The maximum atomic E-state index is 12.9. The number of aliphatic imine (C=N–C) groups is 1. The number of aryl methyl sites for hydroxylation is 1. The van der Waals surface area contributed by atoms with E-state index >= 15 is 0 Å². The van der Waals surface area contributed by atoms with Crippen molar-refractivity contribution in [3.05, 3.63) is 89.7 Å². The van der Waals surface area contributed by atoms with Gasteiger partial charge >= 0.3 is 12.4 Å². The molecule has 3 amide bonds. The number of carbonyl (C=O) groups excluding carboxylic acids is 2. The van der Waals surface area contributed by atoms with Crippen LogP contribution in [0.25, 0.3) is 17.1 Å². The number of hydrogen-bond acceptors (Lipinski definition) is 6. The van der Waals surface area contributed by atoms with Gasteiger partial charge < -0.3 is 10.1 Å². The van der Waals surface area contributed by atoms with Crippen LogP contribution in [0.3, 0.4) is 0 Å². The summed E-state index contributed by atoms with van der Waals surface area (Å²) in [5, 5.41) is 7.69. The average Bonchev–Trinajstić information content (AvgIpc) is 3.60. The van der Waals surface area contributed by atoms with E-state index < -0.39 is 12.4 Å². The van der Waals surface area contributed by atoms with Gasteiger partial charge in [-0.2, -0.15) is 4.99 Å². The summed E-state index contributed by atoms with van der Waals surface area (Å²) >= 11 is 1.25. The molecule has 1 aromatic heterocycles. The Kier molecular flexibility index (Phi) is 9.28. The highest BCUT2D eigenvalue weighted by Gasteiger charge is 2.33. The predicted octanol–water partition coefficient (Wildman–Crippen LogP) is 7.04. The molecule has 9 nitrogen and oxygen atoms in total. The van der Waals surface area contributed by atoms with Crippen molar-refractivity contribution in [2.75, 3.05) is 10.7 Å². The molecule has 0 saturated carbocycles. The number of anilines is 1. The molecule has 0 aliphatic carbocycles. The van der Waals surface area contributed by atoms with Crippen LogP contribution in [0.15, 0.2) is 78.0 Å². The molecule has 2 heterocycles. The van der Waals surface area contributed by atoms with E-state index in [1.54, 1.807) is 4.90 Å². The van der Waals surface area contributed by atoms with Crippen LogP contribution in [0.1, 0.15) is 43.4 Å². The van der Waals surface area contributed by atoms with E-state index in [0.29, 0.717) is 23.1 Å². The number of alkyl halides is 3. The Hall–Kier alpha value is -4.65. The Morgan fingerprint density at radius 2 is 1.78 bits per heavy atom. The topological polar surface area (TPSA) is 102 Å². The van der Waals surface area contributed by atoms with Gasteiger partial charge in [0.15, 0.2) is 11.0 Å². The molecular formula is C32H31F3N6O3S. The molecule has 0 bridgehead atoms. The number of thioether (sulfide) groups is 1. The minimum Gasteiger partial charge on any atom is -0.406 e. The number of carbonyl (C=O) groups is 2. The SMILES string of the molecule is Cc1ccc(C(C)C)c(N2C(=O)CS/C2=N/C(=O)NC(C)Cc2ccc(-c3ncn(-c4ccc(OC(F)(F)F)cc4)n3)cc2)c1. The minimum atomic E-state index is -4.76. The second kappa shape index (κ2) is 13.1. The Bertz CT molecular complexity index is 1720. The number of rotatable bonds is 8. The van der Waals surface area contributed by atoms with Crippen LogP contribution in [0.5, 0.6) is 5.75 Å². The summed E-state index contributed by atoms with van der Waals surface area (Å²) in [7, 11) is 0. The first-order valence-electron chi connectivity index (χ1n) is 14.2. The molecule has 234 valence electrons. The third kappa shape index (κ3) is 7.90. The van der Waals surface area contributed by atoms with Crippen LogP contribution < -0.4 is 15.0 Å². The van der Waals surface area contributed by atoms with E-state index in [1.807, 2.05) is 56.3 Å². The molecule has 1 aliphatic heterocycles. The molecule has 0 radical (unpaired) electrons. The van der Waals surface area contributed by atoms with Gasteiger partial charge in [-0.3, -0.25) is 9.69 Å². The van der Waals surface area contributed by atoms with Crippen molar-refractivity contribution in [3.63, 3.8) is 0 Å². The van der Waals surface area contributed by atoms with E-state index in [4.69, 9.17) is 0 Å². The summed E-state index contributed by atoms with van der Waals surface area (Å²) < 4.78 is 42.6. The number of nitrogens with one attached hydrogen (secondary N) is 1. The molecule has 45 heavy (non-hydrogen) atoms. The zero-order valence-corrected chi connectivity index (χ0v) is 25.8. The van der Waals surface area contributed by atoms with Gasteiger partial charge in [0.05, 0.1) is 17.1 Å². The first-order valence-corrected chi connectivity index (χ1v) is 15.2. The Balaban J connectivity index is 1.20. The lowest BCUT2D eigenvalue weighted by molar-refractivity contribution is -0.274. The molecule has 1 N–H and O–H groups in total. The van der Waals surface area contributed by atoms with Crippen molar-refractivity contribution in [1.82, 2.24) is 20.1 Å². The number of amidine groups is 1. The second-order valence-corrected chi connectivity index (χ2v) is 11.9.